The van der Waals surface area contributed by atoms with Crippen molar-refractivity contribution in [3.8, 4) is 5.69 Å². The van der Waals surface area contributed by atoms with Crippen LogP contribution in [0.25, 0.3) is 27.8 Å². The smallest absolute Gasteiger partial charge is 0.266 e. The maximum atomic E-state index is 13.9. The van der Waals surface area contributed by atoms with E-state index in [0.717, 1.165) is 11.1 Å². The van der Waals surface area contributed by atoms with Crippen LogP contribution in [0.1, 0.15) is 29.9 Å². The van der Waals surface area contributed by atoms with Crippen LogP contribution in [-0.4, -0.2) is 29.5 Å². The Bertz CT molecular complexity index is 1540. The van der Waals surface area contributed by atoms with Gasteiger partial charge in [0, 0.05) is 0 Å². The average molecular weight is 429 g/mol. The van der Waals surface area contributed by atoms with Gasteiger partial charge >= 0.3 is 0 Å². The molecule has 0 aliphatic rings. The van der Waals surface area contributed by atoms with E-state index in [1.807, 2.05) is 39.0 Å². The maximum absolute atomic E-state index is 13.9. The van der Waals surface area contributed by atoms with Crippen molar-refractivity contribution >= 4 is 27.9 Å². The predicted molar refractivity (Wildman–Crippen MR) is 120 cm³/mol. The zero-order valence-corrected chi connectivity index (χ0v) is 17.7. The van der Waals surface area contributed by atoms with Gasteiger partial charge < -0.3 is 10.3 Å². The van der Waals surface area contributed by atoms with E-state index in [9.17, 15) is 9.18 Å². The van der Waals surface area contributed by atoms with Gasteiger partial charge in [-0.2, -0.15) is 0 Å². The molecule has 3 heterocycles. The molecule has 0 aliphatic heterocycles. The Labute approximate surface area is 182 Å². The minimum atomic E-state index is -0.482. The van der Waals surface area contributed by atoms with Crippen molar-refractivity contribution in [2.75, 3.05) is 5.32 Å². The number of nitrogens with zero attached hydrogens (tertiary/aromatic N) is 5. The quantitative estimate of drug-likeness (QED) is 0.448. The summed E-state index contributed by atoms with van der Waals surface area (Å²) in [5, 5.41) is 3.53. The number of H-pyrrole nitrogens is 1. The second-order valence-corrected chi connectivity index (χ2v) is 7.68. The molecule has 1 unspecified atom stereocenters. The number of hydrogen-bond acceptors (Lipinski definition) is 6. The van der Waals surface area contributed by atoms with Gasteiger partial charge in [0.25, 0.3) is 5.56 Å². The first-order valence-electron chi connectivity index (χ1n) is 10.1. The lowest BCUT2D eigenvalue weighted by atomic mass is 10.1. The highest BCUT2D eigenvalue weighted by molar-refractivity contribution is 5.82. The number of anilines is 1. The Morgan fingerprint density at radius 3 is 2.81 bits per heavy atom. The number of aryl methyl sites for hydroxylation is 1. The van der Waals surface area contributed by atoms with Crippen LogP contribution < -0.4 is 10.9 Å². The van der Waals surface area contributed by atoms with E-state index in [1.54, 1.807) is 10.9 Å². The molecular weight excluding hydrogens is 409 g/mol. The van der Waals surface area contributed by atoms with Crippen LogP contribution in [0, 0.1) is 19.7 Å². The van der Waals surface area contributed by atoms with Crippen LogP contribution in [0.15, 0.2) is 53.8 Å². The minimum absolute atomic E-state index is 0.221. The van der Waals surface area contributed by atoms with E-state index in [0.29, 0.717) is 34.0 Å². The molecule has 0 saturated heterocycles. The summed E-state index contributed by atoms with van der Waals surface area (Å²) in [5.74, 6) is 0.513. The molecule has 5 rings (SSSR count). The number of hydrogen-bond donors (Lipinski definition) is 2. The predicted octanol–water partition coefficient (Wildman–Crippen LogP) is 3.98. The van der Waals surface area contributed by atoms with Gasteiger partial charge in [-0.3, -0.25) is 9.36 Å². The molecule has 2 N–H and O–H groups in total. The van der Waals surface area contributed by atoms with E-state index < -0.39 is 11.9 Å². The van der Waals surface area contributed by atoms with Crippen LogP contribution in [0.3, 0.4) is 0 Å². The molecule has 0 aliphatic carbocycles. The number of aromatic amines is 1. The van der Waals surface area contributed by atoms with Crippen molar-refractivity contribution in [3.63, 3.8) is 0 Å². The lowest BCUT2D eigenvalue weighted by Crippen LogP contribution is -2.28. The van der Waals surface area contributed by atoms with Crippen LogP contribution >= 0.6 is 0 Å². The van der Waals surface area contributed by atoms with Gasteiger partial charge in [0.2, 0.25) is 0 Å². The molecule has 160 valence electrons. The summed E-state index contributed by atoms with van der Waals surface area (Å²) in [6.07, 6.45) is 2.98. The van der Waals surface area contributed by atoms with Crippen molar-refractivity contribution in [1.82, 2.24) is 29.5 Å². The number of halogens is 1. The number of nitrogens with one attached hydrogen (secondary N) is 2. The third kappa shape index (κ3) is 3.18. The van der Waals surface area contributed by atoms with E-state index in [4.69, 9.17) is 4.98 Å². The third-order valence-electron chi connectivity index (χ3n) is 5.63. The average Bonchev–Trinajstić information content (AvgIpc) is 3.26. The van der Waals surface area contributed by atoms with Gasteiger partial charge in [0.15, 0.2) is 11.5 Å². The second kappa shape index (κ2) is 7.52. The standard InChI is InChI=1S/C23H20FN7O/c1-12-5-4-6-18(13(12)2)31-22(30-17-8-7-15(24)9-16(17)23(31)32)14(3)29-21-19-20(26-10-25-19)27-11-28-21/h4-11,14H,1-3H3,(H2,25,26,27,28,29). The van der Waals surface area contributed by atoms with E-state index in [2.05, 4.69) is 25.3 Å². The minimum Gasteiger partial charge on any atom is -0.358 e. The Morgan fingerprint density at radius 2 is 1.97 bits per heavy atom. The zero-order valence-electron chi connectivity index (χ0n) is 17.7. The highest BCUT2D eigenvalue weighted by Gasteiger charge is 2.21. The van der Waals surface area contributed by atoms with Gasteiger partial charge in [-0.1, -0.05) is 12.1 Å². The summed E-state index contributed by atoms with van der Waals surface area (Å²) in [5.41, 5.74) is 3.96. The molecule has 5 aromatic rings. The first-order chi connectivity index (χ1) is 15.4. The third-order valence-corrected chi connectivity index (χ3v) is 5.63. The zero-order chi connectivity index (χ0) is 22.4. The summed E-state index contributed by atoms with van der Waals surface area (Å²) in [4.78, 5) is 34.0. The van der Waals surface area contributed by atoms with Crippen molar-refractivity contribution in [3.05, 3.63) is 82.2 Å². The maximum Gasteiger partial charge on any atom is 0.266 e. The fourth-order valence-electron chi connectivity index (χ4n) is 3.82. The van der Waals surface area contributed by atoms with Gasteiger partial charge in [-0.05, 0) is 56.2 Å². The molecule has 0 radical (unpaired) electrons. The fraction of sp³-hybridized carbons (Fsp3) is 0.174. The van der Waals surface area contributed by atoms with Crippen molar-refractivity contribution < 1.29 is 4.39 Å². The van der Waals surface area contributed by atoms with Crippen molar-refractivity contribution in [1.29, 1.82) is 0 Å². The van der Waals surface area contributed by atoms with Gasteiger partial charge in [-0.25, -0.2) is 24.3 Å². The van der Waals surface area contributed by atoms with E-state index in [-0.39, 0.29) is 10.9 Å². The first kappa shape index (κ1) is 19.8. The Balaban J connectivity index is 1.74. The number of benzene rings is 2. The molecule has 8 nitrogen and oxygen atoms in total. The molecule has 0 bridgehead atoms. The normalized spacial score (nSPS) is 12.4. The Kier molecular flexibility index (Phi) is 4.66. The Hall–Kier alpha value is -4.14. The number of rotatable bonds is 4. The summed E-state index contributed by atoms with van der Waals surface area (Å²) in [6, 6.07) is 9.36. The second-order valence-electron chi connectivity index (χ2n) is 7.68. The topological polar surface area (TPSA) is 101 Å². The number of fused-ring (bicyclic) bond motifs is 2. The van der Waals surface area contributed by atoms with E-state index in [1.165, 1.54) is 24.5 Å². The van der Waals surface area contributed by atoms with Crippen molar-refractivity contribution in [2.45, 2.75) is 26.8 Å². The summed E-state index contributed by atoms with van der Waals surface area (Å²) < 4.78 is 15.5. The fourth-order valence-corrected chi connectivity index (χ4v) is 3.82. The molecule has 1 atom stereocenters. The highest BCUT2D eigenvalue weighted by Crippen LogP contribution is 2.25. The van der Waals surface area contributed by atoms with Gasteiger partial charge in [0.1, 0.15) is 23.5 Å². The highest BCUT2D eigenvalue weighted by atomic mass is 19.1. The van der Waals surface area contributed by atoms with E-state index >= 15 is 0 Å². The van der Waals surface area contributed by atoms with Crippen LogP contribution in [0.2, 0.25) is 0 Å². The number of imidazole rings is 1. The largest absolute Gasteiger partial charge is 0.358 e. The van der Waals surface area contributed by atoms with Crippen LogP contribution in [0.5, 0.6) is 0 Å². The molecule has 0 fully saturated rings. The molecule has 9 heteroatoms. The molecular formula is C23H20FN7O. The summed E-state index contributed by atoms with van der Waals surface area (Å²) in [6.45, 7) is 5.82. The molecule has 0 saturated carbocycles. The van der Waals surface area contributed by atoms with Crippen molar-refractivity contribution in [2.24, 2.45) is 0 Å². The van der Waals surface area contributed by atoms with Crippen LogP contribution in [0.4, 0.5) is 10.2 Å². The summed E-state index contributed by atoms with van der Waals surface area (Å²) in [7, 11) is 0. The lowest BCUT2D eigenvalue weighted by Gasteiger charge is -2.21. The van der Waals surface area contributed by atoms with Gasteiger partial charge in [-0.15, -0.1) is 0 Å². The molecule has 0 amide bonds. The monoisotopic (exact) mass is 429 g/mol. The Morgan fingerprint density at radius 1 is 1.12 bits per heavy atom. The summed E-state index contributed by atoms with van der Waals surface area (Å²) >= 11 is 0. The molecule has 3 aromatic heterocycles. The number of aromatic nitrogens is 6. The molecule has 32 heavy (non-hydrogen) atoms. The molecule has 2 aromatic carbocycles. The first-order valence-corrected chi connectivity index (χ1v) is 10.1. The SMILES string of the molecule is Cc1cccc(-n2c(C(C)Nc3ncnc4[nH]cnc34)nc3ccc(F)cc3c2=O)c1C. The molecule has 0 spiro atoms. The van der Waals surface area contributed by atoms with Gasteiger partial charge in [0.05, 0.1) is 29.0 Å². The lowest BCUT2D eigenvalue weighted by molar-refractivity contribution is 0.629. The van der Waals surface area contributed by atoms with Crippen LogP contribution in [-0.2, 0) is 0 Å².